The van der Waals surface area contributed by atoms with Crippen molar-refractivity contribution in [2.75, 3.05) is 17.7 Å². The Morgan fingerprint density at radius 3 is 2.53 bits per heavy atom. The molecule has 1 aromatic heterocycles. The summed E-state index contributed by atoms with van der Waals surface area (Å²) >= 11 is 1.35. The van der Waals surface area contributed by atoms with Gasteiger partial charge in [-0.05, 0) is 30.3 Å². The quantitative estimate of drug-likeness (QED) is 0.401. The number of urea groups is 1. The Morgan fingerprint density at radius 1 is 0.967 bits per heavy atom. The Labute approximate surface area is 177 Å². The molecule has 0 atom stereocenters. The molecular formula is C23H18FN3O2S. The first-order valence-corrected chi connectivity index (χ1v) is 10.0. The van der Waals surface area contributed by atoms with Gasteiger partial charge in [0.05, 0.1) is 18.5 Å². The lowest BCUT2D eigenvalue weighted by molar-refractivity contribution is 0.262. The fraction of sp³-hybridized carbons (Fsp3) is 0.0435. The third kappa shape index (κ3) is 4.31. The number of hydrogen-bond acceptors (Lipinski definition) is 4. The van der Waals surface area contributed by atoms with Crippen LogP contribution in [-0.4, -0.2) is 18.1 Å². The smallest absolute Gasteiger partial charge is 0.323 e. The van der Waals surface area contributed by atoms with Crippen molar-refractivity contribution < 1.29 is 13.9 Å². The van der Waals surface area contributed by atoms with Crippen molar-refractivity contribution in [1.82, 2.24) is 4.98 Å². The summed E-state index contributed by atoms with van der Waals surface area (Å²) < 4.78 is 19.3. The minimum atomic E-state index is -0.389. The van der Waals surface area contributed by atoms with E-state index in [0.29, 0.717) is 33.4 Å². The van der Waals surface area contributed by atoms with Gasteiger partial charge in [0.2, 0.25) is 0 Å². The van der Waals surface area contributed by atoms with Crippen molar-refractivity contribution in [2.24, 2.45) is 0 Å². The predicted octanol–water partition coefficient (Wildman–Crippen LogP) is 6.27. The molecular weight excluding hydrogens is 401 g/mol. The maximum atomic E-state index is 14.1. The average molecular weight is 419 g/mol. The third-order valence-electron chi connectivity index (χ3n) is 4.39. The molecule has 4 rings (SSSR count). The highest BCUT2D eigenvalue weighted by Gasteiger charge is 2.14. The van der Waals surface area contributed by atoms with Crippen LogP contribution in [0.4, 0.5) is 20.6 Å². The van der Waals surface area contributed by atoms with E-state index in [-0.39, 0.29) is 11.8 Å². The molecule has 1 heterocycles. The molecule has 0 fully saturated rings. The van der Waals surface area contributed by atoms with Gasteiger partial charge in [-0.2, -0.15) is 0 Å². The molecule has 0 spiro atoms. The monoisotopic (exact) mass is 419 g/mol. The zero-order chi connectivity index (χ0) is 20.9. The number of ether oxygens (including phenoxy) is 1. The van der Waals surface area contributed by atoms with Crippen LogP contribution >= 0.6 is 11.3 Å². The van der Waals surface area contributed by atoms with Gasteiger partial charge in [-0.25, -0.2) is 14.2 Å². The summed E-state index contributed by atoms with van der Waals surface area (Å²) in [6, 6.07) is 20.6. The first kappa shape index (κ1) is 19.6. The van der Waals surface area contributed by atoms with E-state index in [1.807, 2.05) is 23.6 Å². The van der Waals surface area contributed by atoms with Crippen molar-refractivity contribution in [3.63, 3.8) is 0 Å². The number of methoxy groups -OCH3 is 1. The lowest BCUT2D eigenvalue weighted by atomic mass is 10.1. The minimum Gasteiger partial charge on any atom is -0.497 e. The Bertz CT molecular complexity index is 1190. The number of nitrogens with zero attached hydrogens (tertiary/aromatic N) is 1. The number of rotatable bonds is 5. The number of para-hydroxylation sites is 1. The van der Waals surface area contributed by atoms with Crippen LogP contribution in [0.3, 0.4) is 0 Å². The van der Waals surface area contributed by atoms with E-state index in [9.17, 15) is 9.18 Å². The summed E-state index contributed by atoms with van der Waals surface area (Å²) in [5.74, 6) is 0.332. The lowest BCUT2D eigenvalue weighted by Gasteiger charge is -2.11. The summed E-state index contributed by atoms with van der Waals surface area (Å²) in [7, 11) is 1.57. The average Bonchev–Trinajstić information content (AvgIpc) is 3.24. The molecule has 7 heteroatoms. The van der Waals surface area contributed by atoms with Gasteiger partial charge < -0.3 is 15.4 Å². The number of benzene rings is 3. The van der Waals surface area contributed by atoms with Gasteiger partial charge in [0.15, 0.2) is 0 Å². The molecule has 5 nitrogen and oxygen atoms in total. The van der Waals surface area contributed by atoms with Crippen LogP contribution in [0.15, 0.2) is 78.2 Å². The number of thiazole rings is 1. The molecule has 0 bridgehead atoms. The van der Waals surface area contributed by atoms with Gasteiger partial charge in [-0.3, -0.25) is 0 Å². The van der Waals surface area contributed by atoms with Gasteiger partial charge in [0.25, 0.3) is 0 Å². The van der Waals surface area contributed by atoms with E-state index in [4.69, 9.17) is 4.74 Å². The molecule has 0 unspecified atom stereocenters. The lowest BCUT2D eigenvalue weighted by Crippen LogP contribution is -2.19. The van der Waals surface area contributed by atoms with Crippen molar-refractivity contribution in [3.05, 3.63) is 84.0 Å². The molecule has 2 N–H and O–H groups in total. The SMILES string of the molecule is COc1cccc(NC(=O)Nc2ccccc2-c2csc(-c3ccccc3F)n2)c1. The number of anilines is 2. The predicted molar refractivity (Wildman–Crippen MR) is 119 cm³/mol. The van der Waals surface area contributed by atoms with Crippen molar-refractivity contribution in [2.45, 2.75) is 0 Å². The molecule has 2 amide bonds. The number of halogens is 1. The molecule has 0 radical (unpaired) electrons. The second-order valence-electron chi connectivity index (χ2n) is 6.37. The minimum absolute atomic E-state index is 0.317. The molecule has 30 heavy (non-hydrogen) atoms. The number of aromatic nitrogens is 1. The van der Waals surface area contributed by atoms with E-state index in [1.165, 1.54) is 17.4 Å². The highest BCUT2D eigenvalue weighted by atomic mass is 32.1. The van der Waals surface area contributed by atoms with E-state index in [0.717, 1.165) is 5.56 Å². The normalized spacial score (nSPS) is 10.5. The van der Waals surface area contributed by atoms with Crippen LogP contribution in [0, 0.1) is 5.82 Å². The topological polar surface area (TPSA) is 63.2 Å². The van der Waals surface area contributed by atoms with Crippen LogP contribution in [0.1, 0.15) is 0 Å². The molecule has 4 aromatic rings. The first-order valence-electron chi connectivity index (χ1n) is 9.16. The zero-order valence-electron chi connectivity index (χ0n) is 16.1. The first-order chi connectivity index (χ1) is 14.6. The third-order valence-corrected chi connectivity index (χ3v) is 5.26. The second kappa shape index (κ2) is 8.75. The van der Waals surface area contributed by atoms with Gasteiger partial charge in [0, 0.05) is 28.3 Å². The number of carbonyl (C=O) groups is 1. The number of carbonyl (C=O) groups excluding carboxylic acids is 1. The highest BCUT2D eigenvalue weighted by Crippen LogP contribution is 2.33. The van der Waals surface area contributed by atoms with Crippen LogP contribution in [0.5, 0.6) is 5.75 Å². The van der Waals surface area contributed by atoms with E-state index >= 15 is 0 Å². The molecule has 3 aromatic carbocycles. The van der Waals surface area contributed by atoms with E-state index < -0.39 is 0 Å². The second-order valence-corrected chi connectivity index (χ2v) is 7.23. The summed E-state index contributed by atoms with van der Waals surface area (Å²) in [4.78, 5) is 17.1. The maximum absolute atomic E-state index is 14.1. The molecule has 0 saturated carbocycles. The number of amides is 2. The summed E-state index contributed by atoms with van der Waals surface area (Å²) in [5.41, 5.74) is 3.07. The van der Waals surface area contributed by atoms with Gasteiger partial charge in [-0.15, -0.1) is 11.3 Å². The molecule has 0 aliphatic rings. The Balaban J connectivity index is 1.56. The summed E-state index contributed by atoms with van der Waals surface area (Å²) in [5, 5.41) is 8.07. The molecule has 0 aliphatic heterocycles. The van der Waals surface area contributed by atoms with Crippen LogP contribution in [0.2, 0.25) is 0 Å². The van der Waals surface area contributed by atoms with Crippen LogP contribution in [0.25, 0.3) is 21.8 Å². The summed E-state index contributed by atoms with van der Waals surface area (Å²) in [6.07, 6.45) is 0. The summed E-state index contributed by atoms with van der Waals surface area (Å²) in [6.45, 7) is 0. The van der Waals surface area contributed by atoms with Crippen molar-refractivity contribution in [1.29, 1.82) is 0 Å². The Kier molecular flexibility index (Phi) is 5.72. The van der Waals surface area contributed by atoms with Crippen LogP contribution in [-0.2, 0) is 0 Å². The standard InChI is InChI=1S/C23H18FN3O2S/c1-29-16-8-6-7-15(13-16)25-23(28)27-20-12-5-3-10-18(20)21-14-30-22(26-21)17-9-2-4-11-19(17)24/h2-14H,1H3,(H2,25,27,28). The molecule has 0 aliphatic carbocycles. The molecule has 150 valence electrons. The van der Waals surface area contributed by atoms with Crippen molar-refractivity contribution >= 4 is 28.7 Å². The van der Waals surface area contributed by atoms with Crippen LogP contribution < -0.4 is 15.4 Å². The molecule has 0 saturated heterocycles. The van der Waals surface area contributed by atoms with E-state index in [2.05, 4.69) is 15.6 Å². The zero-order valence-corrected chi connectivity index (χ0v) is 16.9. The van der Waals surface area contributed by atoms with Gasteiger partial charge in [0.1, 0.15) is 16.6 Å². The largest absolute Gasteiger partial charge is 0.497 e. The maximum Gasteiger partial charge on any atom is 0.323 e. The Morgan fingerprint density at radius 2 is 1.73 bits per heavy atom. The fourth-order valence-corrected chi connectivity index (χ4v) is 3.80. The number of hydrogen-bond donors (Lipinski definition) is 2. The van der Waals surface area contributed by atoms with E-state index in [1.54, 1.807) is 55.6 Å². The van der Waals surface area contributed by atoms with Crippen molar-refractivity contribution in [3.8, 4) is 27.6 Å². The van der Waals surface area contributed by atoms with Gasteiger partial charge in [-0.1, -0.05) is 36.4 Å². The number of nitrogens with one attached hydrogen (secondary N) is 2. The van der Waals surface area contributed by atoms with Gasteiger partial charge >= 0.3 is 6.03 Å². The highest BCUT2D eigenvalue weighted by molar-refractivity contribution is 7.13. The fourth-order valence-electron chi connectivity index (χ4n) is 2.96. The Hall–Kier alpha value is -3.71.